The molecule has 0 aromatic heterocycles. The molecule has 1 unspecified atom stereocenters. The second-order valence-electron chi connectivity index (χ2n) is 6.73. The molecule has 6 heteroatoms. The number of hydrogen-bond acceptors (Lipinski definition) is 4. The van der Waals surface area contributed by atoms with Crippen LogP contribution in [0.25, 0.3) is 0 Å². The molecule has 1 saturated heterocycles. The van der Waals surface area contributed by atoms with Gasteiger partial charge in [0.25, 0.3) is 0 Å². The zero-order chi connectivity index (χ0) is 17.2. The molecule has 0 bridgehead atoms. The number of carbonyl (C=O) groups excluding carboxylic acids is 1. The average molecular weight is 338 g/mol. The highest BCUT2D eigenvalue weighted by Gasteiger charge is 2.30. The fourth-order valence-corrected chi connectivity index (χ4v) is 3.67. The van der Waals surface area contributed by atoms with Gasteiger partial charge in [-0.3, -0.25) is 14.7 Å². The highest BCUT2D eigenvalue weighted by atomic mass is 16.5. The lowest BCUT2D eigenvalue weighted by Crippen LogP contribution is -2.45. The van der Waals surface area contributed by atoms with E-state index in [0.29, 0.717) is 25.6 Å². The Morgan fingerprint density at radius 2 is 2.04 bits per heavy atom. The Hall–Kier alpha value is -1.30. The Bertz CT molecular complexity index is 408. The highest BCUT2D eigenvalue weighted by molar-refractivity contribution is 5.80. The molecule has 1 aliphatic heterocycles. The van der Waals surface area contributed by atoms with Crippen molar-refractivity contribution in [1.29, 1.82) is 0 Å². The summed E-state index contributed by atoms with van der Waals surface area (Å²) in [5, 5.41) is 6.88. The third-order valence-corrected chi connectivity index (χ3v) is 4.86. The lowest BCUT2D eigenvalue weighted by atomic mass is 10.2. The van der Waals surface area contributed by atoms with Gasteiger partial charge in [0.05, 0.1) is 6.61 Å². The molecule has 0 aromatic rings. The molecule has 1 heterocycles. The van der Waals surface area contributed by atoms with E-state index < -0.39 is 0 Å². The summed E-state index contributed by atoms with van der Waals surface area (Å²) in [7, 11) is 0. The monoisotopic (exact) mass is 338 g/mol. The van der Waals surface area contributed by atoms with Crippen molar-refractivity contribution in [2.45, 2.75) is 70.9 Å². The number of rotatable bonds is 8. The van der Waals surface area contributed by atoms with Gasteiger partial charge in [-0.2, -0.15) is 0 Å². The minimum atomic E-state index is -0.131. The molecule has 2 aliphatic rings. The Labute approximate surface area is 146 Å². The van der Waals surface area contributed by atoms with Gasteiger partial charge in [-0.15, -0.1) is 0 Å². The van der Waals surface area contributed by atoms with Crippen LogP contribution in [0.4, 0.5) is 0 Å². The number of esters is 1. The summed E-state index contributed by atoms with van der Waals surface area (Å²) in [4.78, 5) is 18.6. The molecule has 0 amide bonds. The van der Waals surface area contributed by atoms with Crippen LogP contribution in [0.3, 0.4) is 0 Å². The first-order valence-corrected chi connectivity index (χ1v) is 9.67. The topological polar surface area (TPSA) is 66.0 Å². The molecular weight excluding hydrogens is 304 g/mol. The Morgan fingerprint density at radius 3 is 2.75 bits per heavy atom. The van der Waals surface area contributed by atoms with Crippen LogP contribution >= 0.6 is 0 Å². The van der Waals surface area contributed by atoms with Crippen LogP contribution in [-0.2, 0) is 9.53 Å². The molecule has 24 heavy (non-hydrogen) atoms. The summed E-state index contributed by atoms with van der Waals surface area (Å²) >= 11 is 0. The van der Waals surface area contributed by atoms with Crippen molar-refractivity contribution >= 4 is 11.9 Å². The number of likely N-dealkylation sites (tertiary alicyclic amines) is 1. The number of carbonyl (C=O) groups is 1. The molecule has 2 rings (SSSR count). The van der Waals surface area contributed by atoms with Gasteiger partial charge in [-0.25, -0.2) is 0 Å². The van der Waals surface area contributed by atoms with E-state index in [-0.39, 0.29) is 5.97 Å². The highest BCUT2D eigenvalue weighted by Crippen LogP contribution is 2.26. The van der Waals surface area contributed by atoms with Crippen molar-refractivity contribution in [2.75, 3.05) is 32.8 Å². The van der Waals surface area contributed by atoms with E-state index >= 15 is 0 Å². The Balaban J connectivity index is 1.72. The molecule has 1 atom stereocenters. The van der Waals surface area contributed by atoms with Gasteiger partial charge in [-0.1, -0.05) is 12.8 Å². The molecule has 0 radical (unpaired) electrons. The number of nitrogens with zero attached hydrogens (tertiary/aromatic N) is 2. The van der Waals surface area contributed by atoms with E-state index in [1.165, 1.54) is 38.6 Å². The van der Waals surface area contributed by atoms with Crippen molar-refractivity contribution < 1.29 is 9.53 Å². The van der Waals surface area contributed by atoms with Gasteiger partial charge in [-0.05, 0) is 39.5 Å². The smallest absolute Gasteiger partial charge is 0.305 e. The molecule has 6 nitrogen and oxygen atoms in total. The molecule has 0 aromatic carbocycles. The lowest BCUT2D eigenvalue weighted by molar-refractivity contribution is -0.143. The van der Waals surface area contributed by atoms with Gasteiger partial charge in [0.2, 0.25) is 0 Å². The lowest BCUT2D eigenvalue weighted by Gasteiger charge is -2.24. The second-order valence-corrected chi connectivity index (χ2v) is 6.73. The van der Waals surface area contributed by atoms with Crippen LogP contribution in [0, 0.1) is 0 Å². The number of ether oxygens (including phenoxy) is 1. The maximum Gasteiger partial charge on any atom is 0.305 e. The SMILES string of the molecule is CCNC(=NCCCC(=O)OCC)NC1CCN(C2CCCC2)C1. The van der Waals surface area contributed by atoms with E-state index in [9.17, 15) is 4.79 Å². The number of aliphatic imine (C=N–C) groups is 1. The van der Waals surface area contributed by atoms with Crippen molar-refractivity contribution in [3.05, 3.63) is 0 Å². The zero-order valence-corrected chi connectivity index (χ0v) is 15.4. The summed E-state index contributed by atoms with van der Waals surface area (Å²) in [6.45, 7) is 8.18. The fraction of sp³-hybridized carbons (Fsp3) is 0.889. The number of nitrogens with one attached hydrogen (secondary N) is 2. The fourth-order valence-electron chi connectivity index (χ4n) is 3.67. The third-order valence-electron chi connectivity index (χ3n) is 4.86. The zero-order valence-electron chi connectivity index (χ0n) is 15.4. The molecule has 2 fully saturated rings. The summed E-state index contributed by atoms with van der Waals surface area (Å²) < 4.78 is 4.94. The molecule has 2 N–H and O–H groups in total. The maximum absolute atomic E-state index is 11.3. The number of hydrogen-bond donors (Lipinski definition) is 2. The van der Waals surface area contributed by atoms with Crippen molar-refractivity contribution in [3.63, 3.8) is 0 Å². The van der Waals surface area contributed by atoms with Gasteiger partial charge in [0.15, 0.2) is 5.96 Å². The third kappa shape index (κ3) is 6.30. The minimum Gasteiger partial charge on any atom is -0.466 e. The standard InChI is InChI=1S/C18H34N4O2/c1-3-19-18(20-12-7-10-17(23)24-4-2)21-15-11-13-22(14-15)16-8-5-6-9-16/h15-16H,3-14H2,1-2H3,(H2,19,20,21). The Morgan fingerprint density at radius 1 is 1.25 bits per heavy atom. The average Bonchev–Trinajstić information content (AvgIpc) is 3.23. The van der Waals surface area contributed by atoms with Crippen LogP contribution in [0.15, 0.2) is 4.99 Å². The summed E-state index contributed by atoms with van der Waals surface area (Å²) in [5.41, 5.74) is 0. The van der Waals surface area contributed by atoms with Gasteiger partial charge < -0.3 is 15.4 Å². The van der Waals surface area contributed by atoms with Crippen LogP contribution in [-0.4, -0.2) is 61.7 Å². The van der Waals surface area contributed by atoms with Crippen LogP contribution in [0.5, 0.6) is 0 Å². The molecule has 138 valence electrons. The summed E-state index contributed by atoms with van der Waals surface area (Å²) in [5.74, 6) is 0.744. The van der Waals surface area contributed by atoms with Gasteiger partial charge in [0.1, 0.15) is 0 Å². The predicted octanol–water partition coefficient (Wildman–Crippen LogP) is 1.90. The minimum absolute atomic E-state index is 0.131. The summed E-state index contributed by atoms with van der Waals surface area (Å²) in [6.07, 6.45) is 7.88. The normalized spacial score (nSPS) is 22.8. The molecule has 1 aliphatic carbocycles. The largest absolute Gasteiger partial charge is 0.466 e. The van der Waals surface area contributed by atoms with Crippen LogP contribution in [0.2, 0.25) is 0 Å². The van der Waals surface area contributed by atoms with Crippen LogP contribution < -0.4 is 10.6 Å². The molecule has 1 saturated carbocycles. The predicted molar refractivity (Wildman–Crippen MR) is 97.2 cm³/mol. The van der Waals surface area contributed by atoms with Crippen molar-refractivity contribution in [2.24, 2.45) is 4.99 Å². The first kappa shape index (κ1) is 19.0. The maximum atomic E-state index is 11.3. The van der Waals surface area contributed by atoms with Gasteiger partial charge in [0, 0.05) is 44.7 Å². The first-order chi connectivity index (χ1) is 11.7. The quantitative estimate of drug-likeness (QED) is 0.306. The second kappa shape index (κ2) is 10.5. The van der Waals surface area contributed by atoms with E-state index in [4.69, 9.17) is 4.74 Å². The Kier molecular flexibility index (Phi) is 8.36. The van der Waals surface area contributed by atoms with Crippen molar-refractivity contribution in [3.8, 4) is 0 Å². The molecular formula is C18H34N4O2. The van der Waals surface area contributed by atoms with E-state index in [1.807, 2.05) is 6.92 Å². The van der Waals surface area contributed by atoms with E-state index in [0.717, 1.165) is 31.5 Å². The van der Waals surface area contributed by atoms with Crippen molar-refractivity contribution in [1.82, 2.24) is 15.5 Å². The van der Waals surface area contributed by atoms with E-state index in [2.05, 4.69) is 27.4 Å². The summed E-state index contributed by atoms with van der Waals surface area (Å²) in [6, 6.07) is 1.29. The van der Waals surface area contributed by atoms with Gasteiger partial charge >= 0.3 is 5.97 Å². The van der Waals surface area contributed by atoms with Crippen LogP contribution in [0.1, 0.15) is 58.8 Å². The number of guanidine groups is 1. The first-order valence-electron chi connectivity index (χ1n) is 9.67. The van der Waals surface area contributed by atoms with E-state index in [1.54, 1.807) is 0 Å². The molecule has 0 spiro atoms.